The number of nitrogens with one attached hydrogen (secondary N) is 1. The van der Waals surface area contributed by atoms with Gasteiger partial charge in [-0.15, -0.1) is 11.6 Å². The Morgan fingerprint density at radius 2 is 2.12 bits per heavy atom. The average molecular weight is 327 g/mol. The van der Waals surface area contributed by atoms with Crippen LogP contribution in [0.1, 0.15) is 0 Å². The van der Waals surface area contributed by atoms with Crippen LogP contribution >= 0.6 is 27.5 Å². The van der Waals surface area contributed by atoms with Crippen LogP contribution in [0.2, 0.25) is 0 Å². The monoisotopic (exact) mass is 325 g/mol. The van der Waals surface area contributed by atoms with Gasteiger partial charge in [0.2, 0.25) is 5.91 Å². The molecule has 0 unspecified atom stereocenters. The molecule has 7 heteroatoms. The fourth-order valence-electron chi connectivity index (χ4n) is 1.01. The minimum absolute atomic E-state index is 0.153. The molecule has 0 aromatic heterocycles. The number of alkyl halides is 1. The topological polar surface area (TPSA) is 63.2 Å². The summed E-state index contributed by atoms with van der Waals surface area (Å²) in [5, 5.41) is 2.53. The molecule has 0 spiro atoms. The van der Waals surface area contributed by atoms with Gasteiger partial charge in [0.15, 0.2) is 9.84 Å². The maximum Gasteiger partial charge on any atom is 0.239 e. The van der Waals surface area contributed by atoms with E-state index in [0.717, 1.165) is 6.26 Å². The van der Waals surface area contributed by atoms with Crippen molar-refractivity contribution in [1.29, 1.82) is 0 Å². The van der Waals surface area contributed by atoms with Gasteiger partial charge in [0, 0.05) is 10.7 Å². The molecule has 16 heavy (non-hydrogen) atoms. The van der Waals surface area contributed by atoms with E-state index in [4.69, 9.17) is 11.6 Å². The lowest BCUT2D eigenvalue weighted by molar-refractivity contribution is -0.113. The van der Waals surface area contributed by atoms with Crippen LogP contribution < -0.4 is 5.32 Å². The maximum atomic E-state index is 11.2. The predicted molar refractivity (Wildman–Crippen MR) is 66.6 cm³/mol. The Kier molecular flexibility index (Phi) is 4.35. The predicted octanol–water partition coefficient (Wildman–Crippen LogP) is 2.03. The SMILES string of the molecule is CS(=O)(=O)c1ccc(NC(=O)CCl)c(Br)c1. The number of carbonyl (C=O) groups excluding carboxylic acids is 1. The number of hydrogen-bond donors (Lipinski definition) is 1. The zero-order chi connectivity index (χ0) is 12.3. The Hall–Kier alpha value is -0.590. The lowest BCUT2D eigenvalue weighted by atomic mass is 10.3. The van der Waals surface area contributed by atoms with Crippen LogP contribution in [0.4, 0.5) is 5.69 Å². The summed E-state index contributed by atoms with van der Waals surface area (Å²) in [5.41, 5.74) is 0.484. The minimum Gasteiger partial charge on any atom is -0.324 e. The molecule has 1 rings (SSSR count). The first kappa shape index (κ1) is 13.5. The lowest BCUT2D eigenvalue weighted by Crippen LogP contribution is -2.13. The summed E-state index contributed by atoms with van der Waals surface area (Å²) >= 11 is 8.51. The van der Waals surface area contributed by atoms with Crippen LogP contribution in [-0.2, 0) is 14.6 Å². The normalized spacial score (nSPS) is 11.2. The third-order valence-corrected chi connectivity index (χ3v) is 3.77. The summed E-state index contributed by atoms with van der Waals surface area (Å²) in [6.07, 6.45) is 1.12. The standard InChI is InChI=1S/C9H9BrClNO3S/c1-16(14,15)6-2-3-8(7(10)4-6)12-9(13)5-11/h2-4H,5H2,1H3,(H,12,13). The number of anilines is 1. The highest BCUT2D eigenvalue weighted by molar-refractivity contribution is 9.10. The Morgan fingerprint density at radius 3 is 2.56 bits per heavy atom. The third-order valence-electron chi connectivity index (χ3n) is 1.76. The molecule has 0 heterocycles. The molecule has 0 saturated heterocycles. The van der Waals surface area contributed by atoms with Crippen molar-refractivity contribution in [3.63, 3.8) is 0 Å². The van der Waals surface area contributed by atoms with Gasteiger partial charge in [0.05, 0.1) is 10.6 Å². The van der Waals surface area contributed by atoms with Crippen LogP contribution in [0.5, 0.6) is 0 Å². The van der Waals surface area contributed by atoms with Crippen LogP contribution in [-0.4, -0.2) is 26.5 Å². The number of rotatable bonds is 3. The molecule has 4 nitrogen and oxygen atoms in total. The van der Waals surface area contributed by atoms with Crippen molar-refractivity contribution in [2.75, 3.05) is 17.5 Å². The van der Waals surface area contributed by atoms with Gasteiger partial charge in [0.25, 0.3) is 0 Å². The van der Waals surface area contributed by atoms with Crippen molar-refractivity contribution in [2.24, 2.45) is 0 Å². The first-order valence-electron chi connectivity index (χ1n) is 4.20. The van der Waals surface area contributed by atoms with Crippen LogP contribution in [0, 0.1) is 0 Å². The molecular weight excluding hydrogens is 318 g/mol. The lowest BCUT2D eigenvalue weighted by Gasteiger charge is -2.07. The maximum absolute atomic E-state index is 11.2. The van der Waals surface area contributed by atoms with E-state index in [1.165, 1.54) is 18.2 Å². The highest BCUT2D eigenvalue weighted by Gasteiger charge is 2.10. The average Bonchev–Trinajstić information content (AvgIpc) is 2.19. The van der Waals surface area contributed by atoms with Gasteiger partial charge in [-0.3, -0.25) is 4.79 Å². The van der Waals surface area contributed by atoms with Crippen LogP contribution in [0.3, 0.4) is 0 Å². The number of amides is 1. The number of benzene rings is 1. The van der Waals surface area contributed by atoms with Gasteiger partial charge in [0.1, 0.15) is 5.88 Å². The van der Waals surface area contributed by atoms with Crippen molar-refractivity contribution in [3.05, 3.63) is 22.7 Å². The first-order valence-corrected chi connectivity index (χ1v) is 7.42. The second kappa shape index (κ2) is 5.16. The fourth-order valence-corrected chi connectivity index (χ4v) is 2.35. The van der Waals surface area contributed by atoms with Crippen molar-refractivity contribution < 1.29 is 13.2 Å². The molecule has 0 atom stereocenters. The largest absolute Gasteiger partial charge is 0.324 e. The van der Waals surface area contributed by atoms with E-state index >= 15 is 0 Å². The number of halogens is 2. The van der Waals surface area contributed by atoms with E-state index in [1.54, 1.807) is 0 Å². The number of sulfone groups is 1. The van der Waals surface area contributed by atoms with Gasteiger partial charge in [-0.2, -0.15) is 0 Å². The molecule has 1 amide bonds. The summed E-state index contributed by atoms with van der Waals surface area (Å²) in [6.45, 7) is 0. The molecule has 0 aliphatic rings. The molecule has 88 valence electrons. The summed E-state index contributed by atoms with van der Waals surface area (Å²) in [4.78, 5) is 11.2. The second-order valence-electron chi connectivity index (χ2n) is 3.10. The molecule has 0 bridgehead atoms. The first-order chi connectivity index (χ1) is 7.34. The van der Waals surface area contributed by atoms with Crippen molar-refractivity contribution in [3.8, 4) is 0 Å². The van der Waals surface area contributed by atoms with E-state index in [2.05, 4.69) is 21.2 Å². The molecule has 0 radical (unpaired) electrons. The molecule has 1 aromatic rings. The minimum atomic E-state index is -3.24. The summed E-state index contributed by atoms with van der Waals surface area (Å²) in [7, 11) is -3.24. The van der Waals surface area contributed by atoms with Gasteiger partial charge >= 0.3 is 0 Å². The Bertz CT molecular complexity index is 515. The molecule has 0 saturated carbocycles. The zero-order valence-corrected chi connectivity index (χ0v) is 11.5. The summed E-state index contributed by atoms with van der Waals surface area (Å²) in [6, 6.07) is 4.36. The van der Waals surface area contributed by atoms with Gasteiger partial charge in [-0.25, -0.2) is 8.42 Å². The molecule has 1 aromatic carbocycles. The Balaban J connectivity index is 3.06. The molecule has 0 aliphatic carbocycles. The van der Waals surface area contributed by atoms with Crippen molar-refractivity contribution >= 4 is 49.0 Å². The molecule has 1 N–H and O–H groups in total. The van der Waals surface area contributed by atoms with Crippen LogP contribution in [0.15, 0.2) is 27.6 Å². The summed E-state index contributed by atoms with van der Waals surface area (Å²) in [5.74, 6) is -0.505. The Morgan fingerprint density at radius 1 is 1.50 bits per heavy atom. The fraction of sp³-hybridized carbons (Fsp3) is 0.222. The molecule has 0 fully saturated rings. The second-order valence-corrected chi connectivity index (χ2v) is 6.23. The van der Waals surface area contributed by atoms with E-state index in [-0.39, 0.29) is 16.7 Å². The van der Waals surface area contributed by atoms with Crippen molar-refractivity contribution in [2.45, 2.75) is 4.90 Å². The smallest absolute Gasteiger partial charge is 0.239 e. The summed E-state index contributed by atoms with van der Waals surface area (Å²) < 4.78 is 23.0. The number of carbonyl (C=O) groups is 1. The van der Waals surface area contributed by atoms with Crippen molar-refractivity contribution in [1.82, 2.24) is 0 Å². The van der Waals surface area contributed by atoms with E-state index in [0.29, 0.717) is 10.2 Å². The van der Waals surface area contributed by atoms with Gasteiger partial charge in [-0.1, -0.05) is 0 Å². The highest BCUT2D eigenvalue weighted by atomic mass is 79.9. The van der Waals surface area contributed by atoms with Gasteiger partial charge < -0.3 is 5.32 Å². The van der Waals surface area contributed by atoms with E-state index < -0.39 is 9.84 Å². The van der Waals surface area contributed by atoms with Gasteiger partial charge in [-0.05, 0) is 34.1 Å². The number of hydrogen-bond acceptors (Lipinski definition) is 3. The Labute approximate surface area is 107 Å². The molecular formula is C9H9BrClNO3S. The molecule has 0 aliphatic heterocycles. The van der Waals surface area contributed by atoms with Crippen LogP contribution in [0.25, 0.3) is 0 Å². The quantitative estimate of drug-likeness (QED) is 0.865. The van der Waals surface area contributed by atoms with E-state index in [1.807, 2.05) is 0 Å². The zero-order valence-electron chi connectivity index (χ0n) is 8.33. The van der Waals surface area contributed by atoms with E-state index in [9.17, 15) is 13.2 Å². The highest BCUT2D eigenvalue weighted by Crippen LogP contribution is 2.25. The third kappa shape index (κ3) is 3.47.